The van der Waals surface area contributed by atoms with E-state index in [2.05, 4.69) is 0 Å². The minimum atomic E-state index is -4.25. The highest BCUT2D eigenvalue weighted by atomic mass is 32.2. The van der Waals surface area contributed by atoms with Crippen LogP contribution in [0.3, 0.4) is 0 Å². The summed E-state index contributed by atoms with van der Waals surface area (Å²) in [6.07, 6.45) is -3.21. The van der Waals surface area contributed by atoms with Gasteiger partial charge in [0.25, 0.3) is 0 Å². The summed E-state index contributed by atoms with van der Waals surface area (Å²) in [5.74, 6) is 0.676. The van der Waals surface area contributed by atoms with Gasteiger partial charge in [0.2, 0.25) is 5.12 Å². The summed E-state index contributed by atoms with van der Waals surface area (Å²) in [5, 5.41) is -0.350. The zero-order valence-corrected chi connectivity index (χ0v) is 9.62. The lowest BCUT2D eigenvalue weighted by Crippen LogP contribution is -2.19. The van der Waals surface area contributed by atoms with E-state index in [1.165, 1.54) is 23.5 Å². The van der Waals surface area contributed by atoms with Crippen molar-refractivity contribution in [2.24, 2.45) is 0 Å². The molecule has 0 aromatic rings. The molecule has 14 heavy (non-hydrogen) atoms. The van der Waals surface area contributed by atoms with Gasteiger partial charge in [0, 0.05) is 0 Å². The highest BCUT2D eigenvalue weighted by Crippen LogP contribution is 2.35. The van der Waals surface area contributed by atoms with Gasteiger partial charge in [0.1, 0.15) is 4.58 Å². The Morgan fingerprint density at radius 3 is 2.43 bits per heavy atom. The average Bonchev–Trinajstić information content (AvgIpc) is 2.14. The topological polar surface area (TPSA) is 17.1 Å². The first-order valence-corrected chi connectivity index (χ1v) is 7.04. The van der Waals surface area contributed by atoms with Crippen LogP contribution in [-0.4, -0.2) is 33.1 Å². The smallest absolute Gasteiger partial charge is 0.285 e. The molecule has 0 bridgehead atoms. The van der Waals surface area contributed by atoms with Gasteiger partial charge >= 0.3 is 6.18 Å². The summed E-state index contributed by atoms with van der Waals surface area (Å²) < 4.78 is 35.1. The Balaban J connectivity index is 2.27. The van der Waals surface area contributed by atoms with Gasteiger partial charge in [-0.25, -0.2) is 0 Å². The van der Waals surface area contributed by atoms with Crippen molar-refractivity contribution >= 4 is 40.4 Å². The molecule has 0 amide bonds. The van der Waals surface area contributed by atoms with Gasteiger partial charge in [-0.15, -0.1) is 23.5 Å². The molecule has 7 heteroatoms. The van der Waals surface area contributed by atoms with Crippen molar-refractivity contribution in [2.75, 3.05) is 17.3 Å². The lowest BCUT2D eigenvalue weighted by molar-refractivity contribution is -0.112. The van der Waals surface area contributed by atoms with E-state index >= 15 is 0 Å². The summed E-state index contributed by atoms with van der Waals surface area (Å²) in [5.41, 5.74) is 0. The van der Waals surface area contributed by atoms with E-state index in [0.29, 0.717) is 11.8 Å². The Labute approximate surface area is 93.0 Å². The predicted octanol–water partition coefficient (Wildman–Crippen LogP) is 3.00. The number of carbonyl (C=O) groups excluding carboxylic acids is 1. The van der Waals surface area contributed by atoms with Gasteiger partial charge < -0.3 is 0 Å². The number of rotatable bonds is 2. The summed E-state index contributed by atoms with van der Waals surface area (Å²) in [7, 11) is 0. The molecule has 0 spiro atoms. The molecule has 1 rings (SSSR count). The third-order valence-electron chi connectivity index (χ3n) is 1.40. The Kier molecular flexibility index (Phi) is 4.99. The van der Waals surface area contributed by atoms with E-state index < -0.39 is 11.9 Å². The molecule has 0 unspecified atom stereocenters. The minimum absolute atomic E-state index is 0.295. The second-order valence-corrected chi connectivity index (χ2v) is 6.35. The molecule has 0 radical (unpaired) electrons. The number of hydrogen-bond donors (Lipinski definition) is 0. The highest BCUT2D eigenvalue weighted by Gasteiger charge is 2.31. The molecule has 1 saturated heterocycles. The Hall–Kier alpha value is 0.510. The van der Waals surface area contributed by atoms with Crippen molar-refractivity contribution in [3.63, 3.8) is 0 Å². The van der Waals surface area contributed by atoms with Crippen LogP contribution in [0.1, 0.15) is 6.42 Å². The van der Waals surface area contributed by atoms with Crippen LogP contribution in [0.5, 0.6) is 0 Å². The summed E-state index contributed by atoms with van der Waals surface area (Å²) in [6.45, 7) is 0. The maximum Gasteiger partial charge on any atom is 0.398 e. The van der Waals surface area contributed by atoms with E-state index in [-0.39, 0.29) is 9.70 Å². The Morgan fingerprint density at radius 2 is 1.93 bits per heavy atom. The van der Waals surface area contributed by atoms with Crippen LogP contribution in [0.15, 0.2) is 0 Å². The van der Waals surface area contributed by atoms with Gasteiger partial charge in [-0.05, 0) is 17.9 Å². The third kappa shape index (κ3) is 4.84. The number of alkyl halides is 3. The molecule has 1 heterocycles. The van der Waals surface area contributed by atoms with Gasteiger partial charge in [0.15, 0.2) is 0 Å². The summed E-state index contributed by atoms with van der Waals surface area (Å²) >= 11 is 3.28. The largest absolute Gasteiger partial charge is 0.398 e. The van der Waals surface area contributed by atoms with Gasteiger partial charge in [-0.2, -0.15) is 13.2 Å². The molecular formula is C7H9F3OS3. The predicted molar refractivity (Wildman–Crippen MR) is 56.8 cm³/mol. The summed E-state index contributed by atoms with van der Waals surface area (Å²) in [4.78, 5) is 11.3. The lowest BCUT2D eigenvalue weighted by atomic mass is 10.6. The van der Waals surface area contributed by atoms with Crippen LogP contribution in [-0.2, 0) is 4.79 Å². The SMILES string of the molecule is O=C(SCC(F)(F)F)C1SCCCS1. The van der Waals surface area contributed by atoms with Crippen LogP contribution < -0.4 is 0 Å². The lowest BCUT2D eigenvalue weighted by Gasteiger charge is -2.19. The van der Waals surface area contributed by atoms with E-state index in [0.717, 1.165) is 17.9 Å². The second kappa shape index (κ2) is 5.55. The number of carbonyl (C=O) groups is 1. The fraction of sp³-hybridized carbons (Fsp3) is 0.857. The second-order valence-electron chi connectivity index (χ2n) is 2.65. The van der Waals surface area contributed by atoms with Gasteiger partial charge in [-0.3, -0.25) is 4.79 Å². The molecule has 0 aromatic carbocycles. The molecule has 0 aliphatic carbocycles. The number of thioether (sulfide) groups is 3. The number of halogens is 3. The first kappa shape index (κ1) is 12.6. The van der Waals surface area contributed by atoms with Crippen LogP contribution >= 0.6 is 35.3 Å². The van der Waals surface area contributed by atoms with Crippen molar-refractivity contribution in [3.05, 3.63) is 0 Å². The molecule has 0 aromatic heterocycles. The first-order chi connectivity index (χ1) is 6.49. The highest BCUT2D eigenvalue weighted by molar-refractivity contribution is 8.24. The summed E-state index contributed by atoms with van der Waals surface area (Å²) in [6, 6.07) is 0. The zero-order valence-electron chi connectivity index (χ0n) is 7.17. The van der Waals surface area contributed by atoms with Crippen molar-refractivity contribution in [2.45, 2.75) is 17.2 Å². The van der Waals surface area contributed by atoms with Gasteiger partial charge in [-0.1, -0.05) is 11.8 Å². The maximum absolute atomic E-state index is 11.8. The Bertz CT molecular complexity index is 201. The quantitative estimate of drug-likeness (QED) is 0.760. The van der Waals surface area contributed by atoms with E-state index in [9.17, 15) is 18.0 Å². The minimum Gasteiger partial charge on any atom is -0.285 e. The number of hydrogen-bond acceptors (Lipinski definition) is 4. The molecule has 1 nitrogen and oxygen atoms in total. The van der Waals surface area contributed by atoms with Crippen LogP contribution in [0.4, 0.5) is 13.2 Å². The normalized spacial score (nSPS) is 19.6. The Morgan fingerprint density at radius 1 is 1.36 bits per heavy atom. The maximum atomic E-state index is 11.8. The van der Waals surface area contributed by atoms with Crippen LogP contribution in [0.2, 0.25) is 0 Å². The first-order valence-electron chi connectivity index (χ1n) is 3.95. The molecule has 1 aliphatic rings. The standard InChI is InChI=1S/C7H9F3OS3/c8-7(9,10)4-14-5(11)6-12-2-1-3-13-6/h6H,1-4H2. The average molecular weight is 262 g/mol. The molecule has 0 atom stereocenters. The molecule has 0 N–H and O–H groups in total. The van der Waals surface area contributed by atoms with E-state index in [1.54, 1.807) is 0 Å². The molecule has 0 saturated carbocycles. The van der Waals surface area contributed by atoms with Crippen molar-refractivity contribution < 1.29 is 18.0 Å². The van der Waals surface area contributed by atoms with Crippen LogP contribution in [0, 0.1) is 0 Å². The van der Waals surface area contributed by atoms with E-state index in [4.69, 9.17) is 0 Å². The van der Waals surface area contributed by atoms with Crippen molar-refractivity contribution in [1.82, 2.24) is 0 Å². The third-order valence-corrected chi connectivity index (χ3v) is 5.59. The fourth-order valence-electron chi connectivity index (χ4n) is 0.845. The van der Waals surface area contributed by atoms with Crippen molar-refractivity contribution in [3.8, 4) is 0 Å². The monoisotopic (exact) mass is 262 g/mol. The fourth-order valence-corrected chi connectivity index (χ4v) is 4.57. The molecule has 82 valence electrons. The van der Waals surface area contributed by atoms with E-state index in [1.807, 2.05) is 0 Å². The molecule has 1 aliphatic heterocycles. The molecular weight excluding hydrogens is 253 g/mol. The molecule has 1 fully saturated rings. The zero-order chi connectivity index (χ0) is 10.6. The van der Waals surface area contributed by atoms with Gasteiger partial charge in [0.05, 0.1) is 5.75 Å². The van der Waals surface area contributed by atoms with Crippen molar-refractivity contribution in [1.29, 1.82) is 0 Å². The van der Waals surface area contributed by atoms with Crippen LogP contribution in [0.25, 0.3) is 0 Å².